The third-order valence-electron chi connectivity index (χ3n) is 6.26. The Morgan fingerprint density at radius 2 is 1.97 bits per heavy atom. The number of halogens is 1. The van der Waals surface area contributed by atoms with Gasteiger partial charge in [0.15, 0.2) is 0 Å². The van der Waals surface area contributed by atoms with Gasteiger partial charge in [0.25, 0.3) is 0 Å². The Hall–Kier alpha value is -2.70. The average molecular weight is 453 g/mol. The van der Waals surface area contributed by atoms with Gasteiger partial charge in [-0.15, -0.1) is 0 Å². The predicted octanol–water partition coefficient (Wildman–Crippen LogP) is 5.10. The van der Waals surface area contributed by atoms with Crippen LogP contribution in [0.15, 0.2) is 47.0 Å². The number of nitrogens with one attached hydrogen (secondary N) is 1. The Balaban J connectivity index is 1.27. The van der Waals surface area contributed by atoms with Gasteiger partial charge < -0.3 is 9.84 Å². The van der Waals surface area contributed by atoms with E-state index in [4.69, 9.17) is 16.1 Å². The summed E-state index contributed by atoms with van der Waals surface area (Å²) in [4.78, 5) is 19.6. The summed E-state index contributed by atoms with van der Waals surface area (Å²) < 4.78 is 5.43. The topological polar surface area (TPSA) is 71.3 Å². The Morgan fingerprint density at radius 3 is 2.69 bits per heavy atom. The number of rotatable bonds is 6. The highest BCUT2D eigenvalue weighted by atomic mass is 35.5. The third kappa shape index (κ3) is 5.37. The minimum Gasteiger partial charge on any atom is -0.349 e. The summed E-state index contributed by atoms with van der Waals surface area (Å²) >= 11 is 6.05. The maximum Gasteiger partial charge on any atom is 0.241 e. The van der Waals surface area contributed by atoms with Crippen LogP contribution in [0.1, 0.15) is 48.4 Å². The zero-order valence-electron chi connectivity index (χ0n) is 18.8. The molecule has 3 aromatic rings. The summed E-state index contributed by atoms with van der Waals surface area (Å²) in [5, 5.41) is 7.91. The van der Waals surface area contributed by atoms with E-state index >= 15 is 0 Å². The molecule has 1 fully saturated rings. The number of nitrogens with zero attached hydrogens (tertiary/aromatic N) is 3. The van der Waals surface area contributed by atoms with E-state index in [2.05, 4.69) is 52.4 Å². The molecule has 2 heterocycles. The molecule has 1 N–H and O–H groups in total. The van der Waals surface area contributed by atoms with Crippen molar-refractivity contribution in [2.45, 2.75) is 46.2 Å². The van der Waals surface area contributed by atoms with Crippen LogP contribution in [0.2, 0.25) is 5.02 Å². The maximum absolute atomic E-state index is 12.8. The Morgan fingerprint density at radius 1 is 1.19 bits per heavy atom. The van der Waals surface area contributed by atoms with E-state index in [1.807, 2.05) is 31.2 Å². The van der Waals surface area contributed by atoms with E-state index in [1.165, 1.54) is 11.1 Å². The molecule has 0 bridgehead atoms. The van der Waals surface area contributed by atoms with Crippen molar-refractivity contribution in [1.82, 2.24) is 20.4 Å². The van der Waals surface area contributed by atoms with E-state index in [0.717, 1.165) is 37.1 Å². The number of likely N-dealkylation sites (tertiary alicyclic amines) is 1. The first-order valence-electron chi connectivity index (χ1n) is 11.1. The SMILES string of the molecule is Cc1ccc(C(C)NC(=O)C2CCN(Cc3nc(-c4cccc(Cl)c4)no3)CC2)cc1C. The molecular weight excluding hydrogens is 424 g/mol. The van der Waals surface area contributed by atoms with Gasteiger partial charge in [-0.05, 0) is 75.5 Å². The van der Waals surface area contributed by atoms with Gasteiger partial charge in [0.2, 0.25) is 17.6 Å². The van der Waals surface area contributed by atoms with Gasteiger partial charge in [-0.1, -0.05) is 47.1 Å². The molecule has 1 aliphatic heterocycles. The summed E-state index contributed by atoms with van der Waals surface area (Å²) in [6.45, 7) is 8.48. The van der Waals surface area contributed by atoms with Gasteiger partial charge in [-0.25, -0.2) is 0 Å². The van der Waals surface area contributed by atoms with Crippen molar-refractivity contribution in [3.63, 3.8) is 0 Å². The van der Waals surface area contributed by atoms with Gasteiger partial charge in [0.1, 0.15) is 0 Å². The van der Waals surface area contributed by atoms with Crippen LogP contribution in [-0.4, -0.2) is 34.0 Å². The molecule has 32 heavy (non-hydrogen) atoms. The van der Waals surface area contributed by atoms with Crippen LogP contribution in [0.25, 0.3) is 11.4 Å². The van der Waals surface area contributed by atoms with Crippen LogP contribution in [0.3, 0.4) is 0 Å². The second-order valence-electron chi connectivity index (χ2n) is 8.65. The first-order valence-corrected chi connectivity index (χ1v) is 11.5. The number of aromatic nitrogens is 2. The highest BCUT2D eigenvalue weighted by Gasteiger charge is 2.27. The number of piperidine rings is 1. The molecule has 1 saturated heterocycles. The lowest BCUT2D eigenvalue weighted by Crippen LogP contribution is -2.41. The van der Waals surface area contributed by atoms with Crippen molar-refractivity contribution >= 4 is 17.5 Å². The Kier molecular flexibility index (Phi) is 6.92. The van der Waals surface area contributed by atoms with Crippen molar-refractivity contribution in [1.29, 1.82) is 0 Å². The fraction of sp³-hybridized carbons (Fsp3) is 0.400. The van der Waals surface area contributed by atoms with E-state index in [1.54, 1.807) is 0 Å². The fourth-order valence-electron chi connectivity index (χ4n) is 4.06. The Labute approximate surface area is 194 Å². The number of amides is 1. The lowest BCUT2D eigenvalue weighted by Gasteiger charge is -2.31. The molecule has 4 rings (SSSR count). The van der Waals surface area contributed by atoms with E-state index in [-0.39, 0.29) is 17.9 Å². The third-order valence-corrected chi connectivity index (χ3v) is 6.49. The monoisotopic (exact) mass is 452 g/mol. The van der Waals surface area contributed by atoms with E-state index in [9.17, 15) is 4.79 Å². The molecule has 1 atom stereocenters. The van der Waals surface area contributed by atoms with Crippen molar-refractivity contribution in [2.75, 3.05) is 13.1 Å². The van der Waals surface area contributed by atoms with Crippen LogP contribution in [0.5, 0.6) is 0 Å². The zero-order valence-corrected chi connectivity index (χ0v) is 19.5. The van der Waals surface area contributed by atoms with E-state index in [0.29, 0.717) is 23.3 Å². The van der Waals surface area contributed by atoms with Crippen LogP contribution in [0, 0.1) is 19.8 Å². The number of aryl methyl sites for hydroxylation is 2. The second-order valence-corrected chi connectivity index (χ2v) is 9.08. The lowest BCUT2D eigenvalue weighted by molar-refractivity contribution is -0.127. The molecule has 1 amide bonds. The number of carbonyl (C=O) groups excluding carboxylic acids is 1. The molecular formula is C25H29ClN4O2. The summed E-state index contributed by atoms with van der Waals surface area (Å²) in [5.74, 6) is 1.28. The van der Waals surface area contributed by atoms with E-state index < -0.39 is 0 Å². The zero-order chi connectivity index (χ0) is 22.7. The lowest BCUT2D eigenvalue weighted by atomic mass is 9.95. The summed E-state index contributed by atoms with van der Waals surface area (Å²) in [5.41, 5.74) is 4.49. The average Bonchev–Trinajstić information content (AvgIpc) is 3.24. The van der Waals surface area contributed by atoms with Gasteiger partial charge in [0.05, 0.1) is 12.6 Å². The molecule has 2 aromatic carbocycles. The molecule has 1 aromatic heterocycles. The van der Waals surface area contributed by atoms with Gasteiger partial charge in [0, 0.05) is 16.5 Å². The first kappa shape index (κ1) is 22.5. The normalized spacial score (nSPS) is 16.1. The van der Waals surface area contributed by atoms with Crippen LogP contribution in [-0.2, 0) is 11.3 Å². The fourth-order valence-corrected chi connectivity index (χ4v) is 4.25. The van der Waals surface area contributed by atoms with Crippen molar-refractivity contribution in [3.8, 4) is 11.4 Å². The maximum atomic E-state index is 12.8. The van der Waals surface area contributed by atoms with Crippen LogP contribution in [0.4, 0.5) is 0 Å². The highest BCUT2D eigenvalue weighted by molar-refractivity contribution is 6.30. The highest BCUT2D eigenvalue weighted by Crippen LogP contribution is 2.23. The molecule has 168 valence electrons. The Bertz CT molecular complexity index is 1090. The number of hydrogen-bond donors (Lipinski definition) is 1. The molecule has 7 heteroatoms. The van der Waals surface area contributed by atoms with Crippen molar-refractivity contribution in [3.05, 3.63) is 70.1 Å². The standard InChI is InChI=1S/C25H29ClN4O2/c1-16-7-8-20(13-17(16)2)18(3)27-25(31)19-9-11-30(12-10-19)15-23-28-24(29-32-23)21-5-4-6-22(26)14-21/h4-8,13-14,18-19H,9-12,15H2,1-3H3,(H,27,31). The summed E-state index contributed by atoms with van der Waals surface area (Å²) in [7, 11) is 0. The molecule has 1 aliphatic rings. The number of hydrogen-bond acceptors (Lipinski definition) is 5. The van der Waals surface area contributed by atoms with Gasteiger partial charge >= 0.3 is 0 Å². The number of benzene rings is 2. The largest absolute Gasteiger partial charge is 0.349 e. The van der Waals surface area contributed by atoms with Crippen molar-refractivity contribution in [2.24, 2.45) is 5.92 Å². The molecule has 0 radical (unpaired) electrons. The predicted molar refractivity (Wildman–Crippen MR) is 125 cm³/mol. The number of carbonyl (C=O) groups is 1. The van der Waals surface area contributed by atoms with Gasteiger partial charge in [-0.3, -0.25) is 9.69 Å². The molecule has 6 nitrogen and oxygen atoms in total. The quantitative estimate of drug-likeness (QED) is 0.563. The molecule has 1 unspecified atom stereocenters. The molecule has 0 spiro atoms. The molecule has 0 saturated carbocycles. The van der Waals surface area contributed by atoms with Crippen LogP contribution < -0.4 is 5.32 Å². The minimum atomic E-state index is 0.00290. The van der Waals surface area contributed by atoms with Crippen molar-refractivity contribution < 1.29 is 9.32 Å². The van der Waals surface area contributed by atoms with Crippen LogP contribution >= 0.6 is 11.6 Å². The molecule has 0 aliphatic carbocycles. The summed E-state index contributed by atoms with van der Waals surface area (Å²) in [6, 6.07) is 13.8. The minimum absolute atomic E-state index is 0.00290. The summed E-state index contributed by atoms with van der Waals surface area (Å²) in [6.07, 6.45) is 1.64. The first-order chi connectivity index (χ1) is 15.4. The second kappa shape index (κ2) is 9.84. The van der Waals surface area contributed by atoms with Gasteiger partial charge in [-0.2, -0.15) is 4.98 Å². The smallest absolute Gasteiger partial charge is 0.241 e.